The minimum atomic E-state index is -3.88. The lowest BCUT2D eigenvalue weighted by molar-refractivity contribution is -0.0498. The van der Waals surface area contributed by atoms with Crippen molar-refractivity contribution < 1.29 is 27.0 Å². The van der Waals surface area contributed by atoms with Crippen molar-refractivity contribution in [3.63, 3.8) is 0 Å². The third-order valence-corrected chi connectivity index (χ3v) is 3.94. The SMILES string of the molecule is C[C@@H](CO)NS(=O)(=O)c1ccc(OC(F)F)c(Cl)c1. The van der Waals surface area contributed by atoms with Gasteiger partial charge < -0.3 is 9.84 Å². The second-order valence-electron chi connectivity index (χ2n) is 3.68. The highest BCUT2D eigenvalue weighted by molar-refractivity contribution is 7.89. The number of nitrogens with one attached hydrogen (secondary N) is 1. The van der Waals surface area contributed by atoms with Crippen molar-refractivity contribution in [2.75, 3.05) is 6.61 Å². The average molecular weight is 316 g/mol. The van der Waals surface area contributed by atoms with E-state index in [1.165, 1.54) is 6.92 Å². The van der Waals surface area contributed by atoms with Gasteiger partial charge in [-0.3, -0.25) is 0 Å². The fourth-order valence-corrected chi connectivity index (χ4v) is 2.76. The summed E-state index contributed by atoms with van der Waals surface area (Å²) in [6.45, 7) is -1.96. The van der Waals surface area contributed by atoms with Crippen molar-refractivity contribution in [2.24, 2.45) is 0 Å². The highest BCUT2D eigenvalue weighted by atomic mass is 35.5. The molecule has 0 bridgehead atoms. The van der Waals surface area contributed by atoms with Gasteiger partial charge in [-0.1, -0.05) is 11.6 Å². The Morgan fingerprint density at radius 2 is 2.11 bits per heavy atom. The monoisotopic (exact) mass is 315 g/mol. The summed E-state index contributed by atoms with van der Waals surface area (Å²) in [5.74, 6) is -0.314. The van der Waals surface area contributed by atoms with Crippen LogP contribution in [-0.4, -0.2) is 32.8 Å². The number of aliphatic hydroxyl groups is 1. The van der Waals surface area contributed by atoms with Gasteiger partial charge in [-0.05, 0) is 25.1 Å². The van der Waals surface area contributed by atoms with Crippen LogP contribution in [0, 0.1) is 0 Å². The molecule has 2 N–H and O–H groups in total. The maximum atomic E-state index is 12.0. The molecule has 0 fully saturated rings. The van der Waals surface area contributed by atoms with Gasteiger partial charge in [0.15, 0.2) is 0 Å². The Bertz CT molecular complexity index is 538. The van der Waals surface area contributed by atoms with E-state index in [4.69, 9.17) is 16.7 Å². The Balaban J connectivity index is 3.00. The molecular weight excluding hydrogens is 304 g/mol. The predicted octanol–water partition coefficient (Wildman–Crippen LogP) is 1.60. The normalized spacial score (nSPS) is 13.6. The predicted molar refractivity (Wildman–Crippen MR) is 65.0 cm³/mol. The van der Waals surface area contributed by atoms with E-state index in [2.05, 4.69) is 9.46 Å². The van der Waals surface area contributed by atoms with Crippen molar-refractivity contribution in [2.45, 2.75) is 24.5 Å². The fraction of sp³-hybridized carbons (Fsp3) is 0.400. The van der Waals surface area contributed by atoms with Crippen LogP contribution in [0.5, 0.6) is 5.75 Å². The van der Waals surface area contributed by atoms with Gasteiger partial charge in [0.2, 0.25) is 10.0 Å². The molecule has 108 valence electrons. The van der Waals surface area contributed by atoms with Crippen LogP contribution >= 0.6 is 11.6 Å². The van der Waals surface area contributed by atoms with Gasteiger partial charge >= 0.3 is 6.61 Å². The van der Waals surface area contributed by atoms with E-state index in [0.29, 0.717) is 0 Å². The van der Waals surface area contributed by atoms with Crippen LogP contribution in [0.4, 0.5) is 8.78 Å². The molecule has 0 aliphatic rings. The van der Waals surface area contributed by atoms with Crippen molar-refractivity contribution in [3.8, 4) is 5.75 Å². The first-order valence-corrected chi connectivity index (χ1v) is 7.00. The minimum Gasteiger partial charge on any atom is -0.433 e. The highest BCUT2D eigenvalue weighted by Crippen LogP contribution is 2.28. The lowest BCUT2D eigenvalue weighted by atomic mass is 10.3. The molecule has 9 heteroatoms. The summed E-state index contributed by atoms with van der Waals surface area (Å²) in [6.07, 6.45) is 0. The zero-order valence-corrected chi connectivity index (χ0v) is 11.4. The van der Waals surface area contributed by atoms with Crippen molar-refractivity contribution in [1.29, 1.82) is 0 Å². The molecule has 0 radical (unpaired) electrons. The first-order chi connectivity index (χ1) is 8.76. The minimum absolute atomic E-state index is 0.209. The van der Waals surface area contributed by atoms with Crippen LogP contribution in [0.3, 0.4) is 0 Å². The van der Waals surface area contributed by atoms with Crippen LogP contribution in [-0.2, 0) is 10.0 Å². The number of aliphatic hydroxyl groups excluding tert-OH is 1. The maximum Gasteiger partial charge on any atom is 0.387 e. The second-order valence-corrected chi connectivity index (χ2v) is 5.80. The third-order valence-electron chi connectivity index (χ3n) is 2.06. The van der Waals surface area contributed by atoms with E-state index < -0.39 is 22.7 Å². The van der Waals surface area contributed by atoms with Gasteiger partial charge in [0.1, 0.15) is 5.75 Å². The quantitative estimate of drug-likeness (QED) is 0.836. The summed E-state index contributed by atoms with van der Waals surface area (Å²) in [6, 6.07) is 2.43. The summed E-state index contributed by atoms with van der Waals surface area (Å²) in [4.78, 5) is -0.209. The molecule has 1 aromatic carbocycles. The molecule has 0 aliphatic heterocycles. The molecule has 19 heavy (non-hydrogen) atoms. The Labute approximate surface area is 114 Å². The standard InChI is InChI=1S/C10H12ClF2NO4S/c1-6(5-15)14-19(16,17)7-2-3-9(8(11)4-7)18-10(12)13/h2-4,6,10,14-15H,5H2,1H3/t6-/m0/s1. The molecule has 0 aliphatic carbocycles. The number of ether oxygens (including phenoxy) is 1. The number of rotatable bonds is 6. The van der Waals surface area contributed by atoms with Crippen LogP contribution in [0.1, 0.15) is 6.92 Å². The van der Waals surface area contributed by atoms with Crippen LogP contribution in [0.15, 0.2) is 23.1 Å². The molecule has 1 atom stereocenters. The molecule has 5 nitrogen and oxygen atoms in total. The van der Waals surface area contributed by atoms with E-state index >= 15 is 0 Å². The summed E-state index contributed by atoms with van der Waals surface area (Å²) in [7, 11) is -3.88. The molecule has 1 aromatic rings. The molecule has 0 amide bonds. The first kappa shape index (κ1) is 16.1. The molecule has 0 saturated carbocycles. The summed E-state index contributed by atoms with van der Waals surface area (Å²) < 4.78 is 53.9. The molecule has 0 spiro atoms. The fourth-order valence-electron chi connectivity index (χ4n) is 1.21. The number of halogens is 3. The van der Waals surface area contributed by atoms with Gasteiger partial charge in [0.25, 0.3) is 0 Å². The van der Waals surface area contributed by atoms with E-state index in [1.54, 1.807) is 0 Å². The topological polar surface area (TPSA) is 75.6 Å². The maximum absolute atomic E-state index is 12.0. The second kappa shape index (κ2) is 6.47. The number of hydrogen-bond donors (Lipinski definition) is 2. The summed E-state index contributed by atoms with van der Waals surface area (Å²) in [5.41, 5.74) is 0. The Morgan fingerprint density at radius 3 is 2.58 bits per heavy atom. The van der Waals surface area contributed by atoms with Gasteiger partial charge in [-0.2, -0.15) is 8.78 Å². The van der Waals surface area contributed by atoms with E-state index in [0.717, 1.165) is 18.2 Å². The van der Waals surface area contributed by atoms with E-state index in [9.17, 15) is 17.2 Å². The van der Waals surface area contributed by atoms with Gasteiger partial charge in [-0.15, -0.1) is 0 Å². The summed E-state index contributed by atoms with van der Waals surface area (Å²) in [5, 5.41) is 8.54. The molecule has 0 unspecified atom stereocenters. The van der Waals surface area contributed by atoms with Crippen molar-refractivity contribution in [3.05, 3.63) is 23.2 Å². The van der Waals surface area contributed by atoms with E-state index in [1.807, 2.05) is 0 Å². The Morgan fingerprint density at radius 1 is 1.47 bits per heavy atom. The van der Waals surface area contributed by atoms with Crippen LogP contribution in [0.25, 0.3) is 0 Å². The zero-order valence-electron chi connectivity index (χ0n) is 9.81. The molecule has 1 rings (SSSR count). The van der Waals surface area contributed by atoms with Gasteiger partial charge in [0, 0.05) is 6.04 Å². The number of sulfonamides is 1. The number of hydrogen-bond acceptors (Lipinski definition) is 4. The van der Waals surface area contributed by atoms with E-state index in [-0.39, 0.29) is 22.3 Å². The molecule has 0 heterocycles. The smallest absolute Gasteiger partial charge is 0.387 e. The zero-order chi connectivity index (χ0) is 14.6. The lowest BCUT2D eigenvalue weighted by Gasteiger charge is -2.13. The van der Waals surface area contributed by atoms with Crippen LogP contribution < -0.4 is 9.46 Å². The van der Waals surface area contributed by atoms with Crippen molar-refractivity contribution in [1.82, 2.24) is 4.72 Å². The van der Waals surface area contributed by atoms with Gasteiger partial charge in [0.05, 0.1) is 16.5 Å². The van der Waals surface area contributed by atoms with Crippen molar-refractivity contribution >= 4 is 21.6 Å². The third kappa shape index (κ3) is 4.57. The molecule has 0 aromatic heterocycles. The number of benzene rings is 1. The molecular formula is C10H12ClF2NO4S. The van der Waals surface area contributed by atoms with Gasteiger partial charge in [-0.25, -0.2) is 13.1 Å². The summed E-state index contributed by atoms with van der Waals surface area (Å²) >= 11 is 5.65. The first-order valence-electron chi connectivity index (χ1n) is 5.14. The average Bonchev–Trinajstić information content (AvgIpc) is 2.30. The highest BCUT2D eigenvalue weighted by Gasteiger charge is 2.19. The largest absolute Gasteiger partial charge is 0.433 e. The molecule has 0 saturated heterocycles. The lowest BCUT2D eigenvalue weighted by Crippen LogP contribution is -2.34. The Hall–Kier alpha value is -0.960. The van der Waals surface area contributed by atoms with Crippen LogP contribution in [0.2, 0.25) is 5.02 Å². The Kier molecular flexibility index (Phi) is 5.48. The number of alkyl halides is 2.